The van der Waals surface area contributed by atoms with Gasteiger partial charge in [-0.25, -0.2) is 4.98 Å². The first-order valence-electron chi connectivity index (χ1n) is 14.9. The first kappa shape index (κ1) is 28.4. The maximum absolute atomic E-state index is 7.91. The Bertz CT molecular complexity index is 2350. The number of quaternary nitrogens is 2. The van der Waals surface area contributed by atoms with E-state index in [0.717, 1.165) is 45.5 Å². The van der Waals surface area contributed by atoms with Crippen LogP contribution in [0.2, 0.25) is 0 Å². The standard InChI is InChI=1S/C39H26N5O.Pt/c1-27-18-19-41-39(20-27)42-35-13-7-6-12-33(35)34-17-16-31(24-36(34)42)45-32-22-28(40-2)21-30(23-32)44-25-43(26-44,29-10-4-3-5-11-29)37-14-8-9-15-38(37)44;/h3-22,25H,26H2,1H3;/q-1;/t43-,44+;/m0./s1. The number of hydrogen-bond acceptors (Lipinski definition) is 2. The van der Waals surface area contributed by atoms with Gasteiger partial charge in [0.25, 0.3) is 0 Å². The second-order valence-corrected chi connectivity index (χ2v) is 11.7. The Hall–Kier alpha value is -5.05. The average molecular weight is 776 g/mol. The molecule has 0 spiro atoms. The van der Waals surface area contributed by atoms with E-state index in [1.54, 1.807) is 6.07 Å². The molecule has 7 heteroatoms. The molecule has 46 heavy (non-hydrogen) atoms. The van der Waals surface area contributed by atoms with E-state index in [1.807, 2.05) is 42.6 Å². The number of hydrogen-bond donors (Lipinski definition) is 0. The monoisotopic (exact) mass is 775 g/mol. The third kappa shape index (κ3) is 4.03. The van der Waals surface area contributed by atoms with Crippen molar-refractivity contribution in [2.24, 2.45) is 0 Å². The summed E-state index contributed by atoms with van der Waals surface area (Å²) in [7, 11) is 0. The summed E-state index contributed by atoms with van der Waals surface area (Å²) >= 11 is 0. The van der Waals surface area contributed by atoms with Crippen LogP contribution >= 0.6 is 0 Å². The van der Waals surface area contributed by atoms with Gasteiger partial charge < -0.3 is 13.8 Å². The first-order chi connectivity index (χ1) is 22.1. The van der Waals surface area contributed by atoms with Gasteiger partial charge in [-0.1, -0.05) is 60.1 Å². The third-order valence-corrected chi connectivity index (χ3v) is 9.08. The molecular formula is C39H26N5OPt-. The molecule has 2 atom stereocenters. The van der Waals surface area contributed by atoms with Crippen LogP contribution in [0.25, 0.3) is 32.5 Å². The molecule has 5 aromatic carbocycles. The summed E-state index contributed by atoms with van der Waals surface area (Å²) in [6.45, 7) is 13.1. The fourth-order valence-corrected chi connectivity index (χ4v) is 7.11. The fourth-order valence-electron chi connectivity index (χ4n) is 7.11. The van der Waals surface area contributed by atoms with Crippen molar-refractivity contribution in [1.29, 1.82) is 0 Å². The van der Waals surface area contributed by atoms with Gasteiger partial charge in [0.2, 0.25) is 0 Å². The molecule has 2 bridgehead atoms. The van der Waals surface area contributed by atoms with E-state index in [-0.39, 0.29) is 21.1 Å². The minimum Gasteiger partial charge on any atom is -0.510 e. The maximum atomic E-state index is 7.91. The molecule has 0 N–H and O–H groups in total. The SMILES string of the molecule is [C-]#[N+]c1cc(Oc2[c-]c3c(cc2)c2ccccc2n3-c2cc(C)ccn2)[c-]c([N@@+]23[CH-][N@@+](c4ccccc4)(C2)c2ccccc23)c1.[Pt]. The number of aryl methyl sites for hydroxylation is 1. The number of aromatic nitrogens is 2. The summed E-state index contributed by atoms with van der Waals surface area (Å²) in [5.41, 5.74) is 8.10. The molecule has 5 heterocycles. The quantitative estimate of drug-likeness (QED) is 0.129. The molecule has 0 amide bonds. The molecule has 1 fully saturated rings. The summed E-state index contributed by atoms with van der Waals surface area (Å²) in [5.74, 6) is 1.86. The van der Waals surface area contributed by atoms with Gasteiger partial charge in [0, 0.05) is 62.1 Å². The molecule has 3 aliphatic rings. The van der Waals surface area contributed by atoms with Crippen LogP contribution in [0, 0.1) is 32.3 Å². The summed E-state index contributed by atoms with van der Waals surface area (Å²) < 4.78 is 9.77. The van der Waals surface area contributed by atoms with Crippen LogP contribution in [-0.4, -0.2) is 16.2 Å². The van der Waals surface area contributed by atoms with Crippen molar-refractivity contribution in [3.63, 3.8) is 0 Å². The molecule has 7 aromatic rings. The normalized spacial score (nSPS) is 19.2. The van der Waals surface area contributed by atoms with Gasteiger partial charge in [-0.2, -0.15) is 6.07 Å². The zero-order valence-electron chi connectivity index (χ0n) is 24.8. The Morgan fingerprint density at radius 2 is 1.54 bits per heavy atom. The van der Waals surface area contributed by atoms with Crippen LogP contribution < -0.4 is 13.7 Å². The molecule has 3 aliphatic heterocycles. The van der Waals surface area contributed by atoms with Gasteiger partial charge in [-0.05, 0) is 48.2 Å². The number of ether oxygens (including phenoxy) is 1. The van der Waals surface area contributed by atoms with Crippen LogP contribution in [0.15, 0.2) is 121 Å². The molecule has 6 nitrogen and oxygen atoms in total. The van der Waals surface area contributed by atoms with E-state index in [0.29, 0.717) is 26.2 Å². The van der Waals surface area contributed by atoms with Crippen molar-refractivity contribution >= 4 is 50.2 Å². The van der Waals surface area contributed by atoms with Crippen molar-refractivity contribution in [2.45, 2.75) is 6.92 Å². The minimum atomic E-state index is 0. The van der Waals surface area contributed by atoms with E-state index < -0.39 is 0 Å². The Kier molecular flexibility index (Phi) is 6.49. The van der Waals surface area contributed by atoms with Gasteiger partial charge in [-0.15, -0.1) is 29.7 Å². The van der Waals surface area contributed by atoms with Crippen molar-refractivity contribution in [2.75, 3.05) is 6.67 Å². The van der Waals surface area contributed by atoms with Crippen LogP contribution in [-0.2, 0) is 21.1 Å². The Balaban J connectivity index is 0.00000312. The molecule has 0 aliphatic carbocycles. The molecule has 224 valence electrons. The van der Waals surface area contributed by atoms with Gasteiger partial charge >= 0.3 is 0 Å². The van der Waals surface area contributed by atoms with Crippen molar-refractivity contribution in [3.05, 3.63) is 157 Å². The number of rotatable bonds is 5. The topological polar surface area (TPSA) is 31.4 Å². The van der Waals surface area contributed by atoms with Gasteiger partial charge in [0.15, 0.2) is 18.0 Å². The van der Waals surface area contributed by atoms with Crippen LogP contribution in [0.1, 0.15) is 5.56 Å². The minimum absolute atomic E-state index is 0. The van der Waals surface area contributed by atoms with Crippen LogP contribution in [0.4, 0.5) is 28.4 Å². The third-order valence-electron chi connectivity index (χ3n) is 9.08. The summed E-state index contributed by atoms with van der Waals surface area (Å²) in [6.07, 6.45) is 1.83. The predicted molar refractivity (Wildman–Crippen MR) is 179 cm³/mol. The number of fused-ring (bicyclic) bond motifs is 3. The van der Waals surface area contributed by atoms with Crippen molar-refractivity contribution in [3.8, 4) is 17.3 Å². The zero-order valence-corrected chi connectivity index (χ0v) is 27.1. The van der Waals surface area contributed by atoms with Crippen LogP contribution in [0.5, 0.6) is 11.5 Å². The van der Waals surface area contributed by atoms with E-state index >= 15 is 0 Å². The maximum Gasteiger partial charge on any atom is 0.184 e. The van der Waals surface area contributed by atoms with Crippen molar-refractivity contribution < 1.29 is 25.8 Å². The smallest absolute Gasteiger partial charge is 0.184 e. The molecule has 0 unspecified atom stereocenters. The average Bonchev–Trinajstić information content (AvgIpc) is 3.66. The molecule has 1 saturated heterocycles. The number of nitrogens with zero attached hydrogens (tertiary/aromatic N) is 5. The predicted octanol–water partition coefficient (Wildman–Crippen LogP) is 9.81. The van der Waals surface area contributed by atoms with Gasteiger partial charge in [-0.3, -0.25) is 9.33 Å². The van der Waals surface area contributed by atoms with E-state index in [9.17, 15) is 0 Å². The van der Waals surface area contributed by atoms with Gasteiger partial charge in [0.1, 0.15) is 11.5 Å². The summed E-state index contributed by atoms with van der Waals surface area (Å²) in [6, 6.07) is 46.3. The molecule has 0 radical (unpaired) electrons. The molecule has 0 saturated carbocycles. The number of benzene rings is 5. The molecular weight excluding hydrogens is 750 g/mol. The van der Waals surface area contributed by atoms with E-state index in [1.165, 1.54) is 17.1 Å². The second kappa shape index (κ2) is 10.5. The molecule has 2 aromatic heterocycles. The van der Waals surface area contributed by atoms with Gasteiger partial charge in [0.05, 0.1) is 18.9 Å². The van der Waals surface area contributed by atoms with E-state index in [2.05, 4.69) is 113 Å². The number of pyridine rings is 1. The summed E-state index contributed by atoms with van der Waals surface area (Å²) in [4.78, 5) is 8.51. The fraction of sp³-hybridized carbons (Fsp3) is 0.0513. The first-order valence-corrected chi connectivity index (χ1v) is 14.9. The second-order valence-electron chi connectivity index (χ2n) is 11.7. The Morgan fingerprint density at radius 1 is 0.804 bits per heavy atom. The molecule has 10 rings (SSSR count). The van der Waals surface area contributed by atoms with Crippen molar-refractivity contribution in [1.82, 2.24) is 18.5 Å². The largest absolute Gasteiger partial charge is 0.510 e. The number of para-hydroxylation sites is 4. The Labute approximate surface area is 281 Å². The summed E-state index contributed by atoms with van der Waals surface area (Å²) in [5, 5.41) is 2.19. The van der Waals surface area contributed by atoms with E-state index in [4.69, 9.17) is 11.3 Å². The Morgan fingerprint density at radius 3 is 2.33 bits per heavy atom. The van der Waals surface area contributed by atoms with Crippen LogP contribution in [0.3, 0.4) is 0 Å². The zero-order chi connectivity index (χ0) is 30.2.